The van der Waals surface area contributed by atoms with Crippen molar-refractivity contribution in [3.05, 3.63) is 47.7 Å². The molecule has 3 aromatic rings. The van der Waals surface area contributed by atoms with E-state index in [1.807, 2.05) is 41.3 Å². The lowest BCUT2D eigenvalue weighted by atomic mass is 9.98. The highest BCUT2D eigenvalue weighted by Crippen LogP contribution is 2.41. The molecule has 1 aromatic carbocycles. The zero-order valence-electron chi connectivity index (χ0n) is 15.5. The molecule has 1 aliphatic heterocycles. The number of hydrogen-bond donors (Lipinski definition) is 0. The van der Waals surface area contributed by atoms with Crippen LogP contribution in [0.4, 0.5) is 0 Å². The second-order valence-electron chi connectivity index (χ2n) is 7.94. The highest BCUT2D eigenvalue weighted by Gasteiger charge is 2.31. The van der Waals surface area contributed by atoms with Crippen LogP contribution in [0.3, 0.4) is 0 Å². The molecule has 1 saturated carbocycles. The van der Waals surface area contributed by atoms with E-state index in [2.05, 4.69) is 17.1 Å². The molecule has 0 radical (unpaired) electrons. The van der Waals surface area contributed by atoms with E-state index in [-0.39, 0.29) is 5.91 Å². The van der Waals surface area contributed by atoms with Gasteiger partial charge in [-0.05, 0) is 37.7 Å². The number of aromatic nitrogens is 2. The molecule has 1 saturated heterocycles. The summed E-state index contributed by atoms with van der Waals surface area (Å²) < 4.78 is 5.59. The van der Waals surface area contributed by atoms with Gasteiger partial charge >= 0.3 is 0 Å². The molecule has 5 rings (SSSR count). The zero-order valence-corrected chi connectivity index (χ0v) is 15.5. The number of likely N-dealkylation sites (tertiary alicyclic amines) is 1. The average molecular weight is 361 g/mol. The fraction of sp³-hybridized carbons (Fsp3) is 0.409. The number of piperidine rings is 1. The van der Waals surface area contributed by atoms with E-state index in [0.717, 1.165) is 49.0 Å². The van der Waals surface area contributed by atoms with Gasteiger partial charge in [-0.3, -0.25) is 4.79 Å². The number of pyridine rings is 1. The van der Waals surface area contributed by atoms with E-state index < -0.39 is 0 Å². The Hall–Kier alpha value is -2.69. The van der Waals surface area contributed by atoms with Gasteiger partial charge in [0.15, 0.2) is 0 Å². The smallest absolute Gasteiger partial charge is 0.259 e. The van der Waals surface area contributed by atoms with Crippen LogP contribution in [0.25, 0.3) is 22.4 Å². The van der Waals surface area contributed by atoms with Crippen molar-refractivity contribution in [2.75, 3.05) is 13.1 Å². The van der Waals surface area contributed by atoms with Crippen LogP contribution in [0.5, 0.6) is 0 Å². The Kier molecular flexibility index (Phi) is 3.96. The van der Waals surface area contributed by atoms with Gasteiger partial charge in [-0.15, -0.1) is 0 Å². The predicted octanol–water partition coefficient (Wildman–Crippen LogP) is 4.64. The summed E-state index contributed by atoms with van der Waals surface area (Å²) in [4.78, 5) is 20.1. The van der Waals surface area contributed by atoms with Crippen LogP contribution < -0.4 is 0 Å². The quantitative estimate of drug-likeness (QED) is 0.682. The molecule has 1 atom stereocenters. The van der Waals surface area contributed by atoms with Crippen molar-refractivity contribution >= 4 is 17.0 Å². The van der Waals surface area contributed by atoms with Gasteiger partial charge in [-0.1, -0.05) is 42.4 Å². The van der Waals surface area contributed by atoms with Crippen LogP contribution in [0.1, 0.15) is 54.6 Å². The summed E-state index contributed by atoms with van der Waals surface area (Å²) in [5.41, 5.74) is 3.78. The summed E-state index contributed by atoms with van der Waals surface area (Å²) in [6.45, 7) is 3.84. The summed E-state index contributed by atoms with van der Waals surface area (Å²) in [7, 11) is 0. The van der Waals surface area contributed by atoms with Crippen LogP contribution in [-0.4, -0.2) is 34.0 Å². The third kappa shape index (κ3) is 3.01. The molecule has 138 valence electrons. The first-order valence-electron chi connectivity index (χ1n) is 9.85. The number of benzene rings is 1. The Labute approximate surface area is 158 Å². The lowest BCUT2D eigenvalue weighted by Crippen LogP contribution is -2.39. The maximum absolute atomic E-state index is 13.5. The van der Waals surface area contributed by atoms with Gasteiger partial charge < -0.3 is 9.42 Å². The molecular weight excluding hydrogens is 338 g/mol. The fourth-order valence-corrected chi connectivity index (χ4v) is 4.06. The van der Waals surface area contributed by atoms with Crippen LogP contribution in [0.2, 0.25) is 0 Å². The molecule has 5 nitrogen and oxygen atoms in total. The first-order chi connectivity index (χ1) is 13.2. The summed E-state index contributed by atoms with van der Waals surface area (Å²) in [5.74, 6) is 1.07. The van der Waals surface area contributed by atoms with E-state index in [9.17, 15) is 4.79 Å². The number of carbonyl (C=O) groups is 1. The minimum absolute atomic E-state index is 0.0798. The molecule has 1 unspecified atom stereocenters. The molecule has 2 aliphatic rings. The lowest BCUT2D eigenvalue weighted by molar-refractivity contribution is 0.0685. The highest BCUT2D eigenvalue weighted by atomic mass is 16.5. The summed E-state index contributed by atoms with van der Waals surface area (Å²) >= 11 is 0. The van der Waals surface area contributed by atoms with Crippen molar-refractivity contribution < 1.29 is 9.32 Å². The van der Waals surface area contributed by atoms with Crippen LogP contribution >= 0.6 is 0 Å². The van der Waals surface area contributed by atoms with Crippen molar-refractivity contribution in [2.45, 2.75) is 38.5 Å². The number of nitrogens with zero attached hydrogens (tertiary/aromatic N) is 3. The number of amides is 1. The molecular formula is C22H23N3O2. The van der Waals surface area contributed by atoms with Gasteiger partial charge in [-0.2, -0.15) is 0 Å². The van der Waals surface area contributed by atoms with Crippen molar-refractivity contribution in [1.82, 2.24) is 15.0 Å². The Morgan fingerprint density at radius 1 is 1.19 bits per heavy atom. The summed E-state index contributed by atoms with van der Waals surface area (Å²) in [6.07, 6.45) is 4.51. The molecule has 2 aromatic heterocycles. The number of carbonyl (C=O) groups excluding carboxylic acids is 1. The molecule has 0 N–H and O–H groups in total. The van der Waals surface area contributed by atoms with E-state index in [1.54, 1.807) is 0 Å². The lowest BCUT2D eigenvalue weighted by Gasteiger charge is -2.31. The molecule has 0 bridgehead atoms. The fourth-order valence-electron chi connectivity index (χ4n) is 4.06. The van der Waals surface area contributed by atoms with E-state index in [0.29, 0.717) is 28.8 Å². The zero-order chi connectivity index (χ0) is 18.4. The van der Waals surface area contributed by atoms with Crippen molar-refractivity contribution in [2.24, 2.45) is 5.92 Å². The first-order valence-corrected chi connectivity index (χ1v) is 9.85. The minimum atomic E-state index is 0.0798. The SMILES string of the molecule is CC1CCCN(C(=O)c2cc(C3CC3)nc3onc(-c4ccccc4)c23)C1. The van der Waals surface area contributed by atoms with Crippen molar-refractivity contribution in [1.29, 1.82) is 0 Å². The maximum atomic E-state index is 13.5. The Balaban J connectivity index is 1.66. The third-order valence-corrected chi connectivity index (χ3v) is 5.68. The predicted molar refractivity (Wildman–Crippen MR) is 104 cm³/mol. The van der Waals surface area contributed by atoms with Crippen LogP contribution in [-0.2, 0) is 0 Å². The highest BCUT2D eigenvalue weighted by molar-refractivity contribution is 6.09. The normalized spacial score (nSPS) is 20.2. The standard InChI is InChI=1S/C22H23N3O2/c1-14-6-5-11-25(13-14)22(26)17-12-18(15-9-10-15)23-21-19(17)20(24-27-21)16-7-3-2-4-8-16/h2-4,7-8,12,14-15H,5-6,9-11,13H2,1H3. The third-order valence-electron chi connectivity index (χ3n) is 5.68. The van der Waals surface area contributed by atoms with E-state index in [4.69, 9.17) is 4.52 Å². The number of hydrogen-bond acceptors (Lipinski definition) is 4. The Bertz CT molecular complexity index is 991. The van der Waals surface area contributed by atoms with E-state index in [1.165, 1.54) is 6.42 Å². The van der Waals surface area contributed by atoms with Gasteiger partial charge in [-0.25, -0.2) is 4.98 Å². The first kappa shape index (κ1) is 16.5. The average Bonchev–Trinajstić information content (AvgIpc) is 3.46. The summed E-state index contributed by atoms with van der Waals surface area (Å²) in [6, 6.07) is 11.9. The number of fused-ring (bicyclic) bond motifs is 1. The molecule has 27 heavy (non-hydrogen) atoms. The molecule has 1 amide bonds. The van der Waals surface area contributed by atoms with Gasteiger partial charge in [0.1, 0.15) is 5.69 Å². The maximum Gasteiger partial charge on any atom is 0.259 e. The topological polar surface area (TPSA) is 59.2 Å². The monoisotopic (exact) mass is 361 g/mol. The number of rotatable bonds is 3. The van der Waals surface area contributed by atoms with Crippen LogP contribution in [0.15, 0.2) is 40.9 Å². The second-order valence-corrected chi connectivity index (χ2v) is 7.94. The Morgan fingerprint density at radius 2 is 2.00 bits per heavy atom. The van der Waals surface area contributed by atoms with Crippen molar-refractivity contribution in [3.8, 4) is 11.3 Å². The Morgan fingerprint density at radius 3 is 2.74 bits per heavy atom. The van der Waals surface area contributed by atoms with Crippen molar-refractivity contribution in [3.63, 3.8) is 0 Å². The molecule has 3 heterocycles. The van der Waals surface area contributed by atoms with Gasteiger partial charge in [0, 0.05) is 30.3 Å². The van der Waals surface area contributed by atoms with E-state index >= 15 is 0 Å². The second kappa shape index (κ2) is 6.48. The molecule has 5 heteroatoms. The largest absolute Gasteiger partial charge is 0.338 e. The van der Waals surface area contributed by atoms with Crippen LogP contribution in [0, 0.1) is 5.92 Å². The van der Waals surface area contributed by atoms with Gasteiger partial charge in [0.2, 0.25) is 0 Å². The molecule has 1 aliphatic carbocycles. The van der Waals surface area contributed by atoms with Gasteiger partial charge in [0.05, 0.1) is 10.9 Å². The molecule has 2 fully saturated rings. The molecule has 0 spiro atoms. The minimum Gasteiger partial charge on any atom is -0.338 e. The van der Waals surface area contributed by atoms with Gasteiger partial charge in [0.25, 0.3) is 11.6 Å². The summed E-state index contributed by atoms with van der Waals surface area (Å²) in [5, 5.41) is 5.03.